The highest BCUT2D eigenvalue weighted by atomic mass is 79.9. The predicted molar refractivity (Wildman–Crippen MR) is 57.3 cm³/mol. The van der Waals surface area contributed by atoms with Gasteiger partial charge in [0.05, 0.1) is 6.61 Å². The van der Waals surface area contributed by atoms with Gasteiger partial charge in [-0.15, -0.1) is 0 Å². The first-order valence-corrected chi connectivity index (χ1v) is 5.27. The number of anilines is 1. The summed E-state index contributed by atoms with van der Waals surface area (Å²) in [6.07, 6.45) is -4.32. The lowest BCUT2D eigenvalue weighted by atomic mass is 10.4. The summed E-state index contributed by atoms with van der Waals surface area (Å²) in [5.74, 6) is 0.181. The molecule has 90 valence electrons. The molecular formula is C9H10BrF3N2O. The van der Waals surface area contributed by atoms with Crippen molar-refractivity contribution < 1.29 is 18.3 Å². The summed E-state index contributed by atoms with van der Waals surface area (Å²) in [5, 5.41) is 8.72. The van der Waals surface area contributed by atoms with Crippen LogP contribution in [0.1, 0.15) is 0 Å². The van der Waals surface area contributed by atoms with E-state index in [1.807, 2.05) is 0 Å². The van der Waals surface area contributed by atoms with E-state index in [0.717, 1.165) is 4.90 Å². The number of rotatable bonds is 4. The third kappa shape index (κ3) is 4.36. The van der Waals surface area contributed by atoms with E-state index >= 15 is 0 Å². The van der Waals surface area contributed by atoms with Gasteiger partial charge in [0, 0.05) is 6.54 Å². The highest BCUT2D eigenvalue weighted by Gasteiger charge is 2.31. The maximum atomic E-state index is 12.3. The van der Waals surface area contributed by atoms with Gasteiger partial charge < -0.3 is 10.0 Å². The van der Waals surface area contributed by atoms with Gasteiger partial charge >= 0.3 is 6.18 Å². The van der Waals surface area contributed by atoms with E-state index < -0.39 is 12.7 Å². The van der Waals surface area contributed by atoms with Crippen molar-refractivity contribution in [1.82, 2.24) is 4.98 Å². The van der Waals surface area contributed by atoms with Crippen molar-refractivity contribution in [2.24, 2.45) is 0 Å². The van der Waals surface area contributed by atoms with Crippen LogP contribution in [0.15, 0.2) is 22.8 Å². The molecule has 1 heterocycles. The highest BCUT2D eigenvalue weighted by molar-refractivity contribution is 9.10. The van der Waals surface area contributed by atoms with E-state index in [1.54, 1.807) is 12.1 Å². The van der Waals surface area contributed by atoms with Gasteiger partial charge in [-0.3, -0.25) is 0 Å². The van der Waals surface area contributed by atoms with E-state index in [9.17, 15) is 13.2 Å². The molecule has 1 N–H and O–H groups in total. The molecule has 0 aromatic carbocycles. The zero-order chi connectivity index (χ0) is 12.2. The second kappa shape index (κ2) is 5.49. The van der Waals surface area contributed by atoms with Gasteiger partial charge in [-0.05, 0) is 28.1 Å². The average molecular weight is 299 g/mol. The number of aromatic nitrogens is 1. The van der Waals surface area contributed by atoms with Crippen LogP contribution in [0.4, 0.5) is 19.0 Å². The summed E-state index contributed by atoms with van der Waals surface area (Å²) in [5.41, 5.74) is 0. The Morgan fingerprint density at radius 3 is 2.56 bits per heavy atom. The van der Waals surface area contributed by atoms with Gasteiger partial charge in [0.25, 0.3) is 0 Å². The molecule has 0 aliphatic rings. The van der Waals surface area contributed by atoms with Crippen LogP contribution in [0.5, 0.6) is 0 Å². The van der Waals surface area contributed by atoms with Crippen LogP contribution in [0, 0.1) is 0 Å². The van der Waals surface area contributed by atoms with Crippen molar-refractivity contribution in [3.05, 3.63) is 22.8 Å². The third-order valence-electron chi connectivity index (χ3n) is 1.76. The molecule has 0 aliphatic heterocycles. The van der Waals surface area contributed by atoms with Crippen LogP contribution in [0.3, 0.4) is 0 Å². The lowest BCUT2D eigenvalue weighted by molar-refractivity contribution is -0.120. The Morgan fingerprint density at radius 1 is 1.38 bits per heavy atom. The predicted octanol–water partition coefficient (Wildman–Crippen LogP) is 2.21. The zero-order valence-corrected chi connectivity index (χ0v) is 9.79. The average Bonchev–Trinajstić information content (AvgIpc) is 2.15. The largest absolute Gasteiger partial charge is 0.405 e. The maximum Gasteiger partial charge on any atom is 0.405 e. The van der Waals surface area contributed by atoms with Crippen molar-refractivity contribution in [1.29, 1.82) is 0 Å². The first-order chi connectivity index (χ1) is 7.42. The first kappa shape index (κ1) is 13.2. The molecule has 0 aliphatic carbocycles. The third-order valence-corrected chi connectivity index (χ3v) is 2.21. The summed E-state index contributed by atoms with van der Waals surface area (Å²) in [6.45, 7) is -1.59. The SMILES string of the molecule is OCCN(CC(F)(F)F)c1cccc(Br)n1. The molecule has 3 nitrogen and oxygen atoms in total. The van der Waals surface area contributed by atoms with Crippen LogP contribution < -0.4 is 4.90 Å². The quantitative estimate of drug-likeness (QED) is 0.866. The van der Waals surface area contributed by atoms with Crippen LogP contribution in [-0.4, -0.2) is 36.0 Å². The molecule has 1 aromatic heterocycles. The first-order valence-electron chi connectivity index (χ1n) is 4.47. The molecule has 0 saturated heterocycles. The van der Waals surface area contributed by atoms with Crippen LogP contribution in [0.25, 0.3) is 0 Å². The molecule has 16 heavy (non-hydrogen) atoms. The van der Waals surface area contributed by atoms with Crippen molar-refractivity contribution in [2.45, 2.75) is 6.18 Å². The van der Waals surface area contributed by atoms with E-state index in [4.69, 9.17) is 5.11 Å². The van der Waals surface area contributed by atoms with E-state index in [0.29, 0.717) is 4.60 Å². The summed E-state index contributed by atoms with van der Waals surface area (Å²) >= 11 is 3.08. The Hall–Kier alpha value is -0.820. The fourth-order valence-electron chi connectivity index (χ4n) is 1.19. The van der Waals surface area contributed by atoms with Crippen LogP contribution in [-0.2, 0) is 0 Å². The Balaban J connectivity index is 2.85. The van der Waals surface area contributed by atoms with E-state index in [2.05, 4.69) is 20.9 Å². The lowest BCUT2D eigenvalue weighted by Gasteiger charge is -2.24. The standard InChI is InChI=1S/C9H10BrF3N2O/c10-7-2-1-3-8(14-7)15(4-5-16)6-9(11,12)13/h1-3,16H,4-6H2. The van der Waals surface area contributed by atoms with E-state index in [-0.39, 0.29) is 19.0 Å². The number of halogens is 4. The van der Waals surface area contributed by atoms with Gasteiger partial charge in [0.1, 0.15) is 17.0 Å². The van der Waals surface area contributed by atoms with Gasteiger partial charge in [0.15, 0.2) is 0 Å². The van der Waals surface area contributed by atoms with Gasteiger partial charge in [-0.2, -0.15) is 13.2 Å². The molecule has 1 rings (SSSR count). The molecular weight excluding hydrogens is 289 g/mol. The zero-order valence-electron chi connectivity index (χ0n) is 8.21. The molecule has 0 bridgehead atoms. The Labute approximate surface area is 99.0 Å². The number of hydrogen-bond donors (Lipinski definition) is 1. The van der Waals surface area contributed by atoms with Gasteiger partial charge in [-0.25, -0.2) is 4.98 Å². The van der Waals surface area contributed by atoms with Gasteiger partial charge in [-0.1, -0.05) is 6.07 Å². The summed E-state index contributed by atoms with van der Waals surface area (Å²) in [7, 11) is 0. The number of alkyl halides is 3. The minimum atomic E-state index is -4.32. The Bertz CT molecular complexity index is 346. The van der Waals surface area contributed by atoms with Crippen LogP contribution >= 0.6 is 15.9 Å². The second-order valence-corrected chi connectivity index (χ2v) is 3.89. The topological polar surface area (TPSA) is 36.4 Å². The van der Waals surface area contributed by atoms with Crippen molar-refractivity contribution >= 4 is 21.7 Å². The molecule has 0 atom stereocenters. The highest BCUT2D eigenvalue weighted by Crippen LogP contribution is 2.21. The molecule has 1 aromatic rings. The fourth-order valence-corrected chi connectivity index (χ4v) is 1.52. The lowest BCUT2D eigenvalue weighted by Crippen LogP contribution is -2.36. The van der Waals surface area contributed by atoms with E-state index in [1.165, 1.54) is 6.07 Å². The van der Waals surface area contributed by atoms with Gasteiger partial charge in [0.2, 0.25) is 0 Å². The molecule has 0 radical (unpaired) electrons. The molecule has 0 spiro atoms. The molecule has 0 unspecified atom stereocenters. The summed E-state index contributed by atoms with van der Waals surface area (Å²) in [6, 6.07) is 4.67. The fraction of sp³-hybridized carbons (Fsp3) is 0.444. The van der Waals surface area contributed by atoms with Crippen molar-refractivity contribution in [2.75, 3.05) is 24.6 Å². The number of pyridine rings is 1. The minimum absolute atomic E-state index is 0.108. The molecule has 0 fully saturated rings. The summed E-state index contributed by atoms with van der Waals surface area (Å²) < 4.78 is 37.2. The number of aliphatic hydroxyl groups is 1. The molecule has 7 heteroatoms. The van der Waals surface area contributed by atoms with Crippen molar-refractivity contribution in [3.8, 4) is 0 Å². The second-order valence-electron chi connectivity index (χ2n) is 3.08. The smallest absolute Gasteiger partial charge is 0.395 e. The van der Waals surface area contributed by atoms with Crippen molar-refractivity contribution in [3.63, 3.8) is 0 Å². The molecule has 0 amide bonds. The Kier molecular flexibility index (Phi) is 4.55. The van der Waals surface area contributed by atoms with Crippen LogP contribution in [0.2, 0.25) is 0 Å². The summed E-state index contributed by atoms with van der Waals surface area (Å²) in [4.78, 5) is 4.88. The monoisotopic (exact) mass is 298 g/mol. The number of nitrogens with zero attached hydrogens (tertiary/aromatic N) is 2. The molecule has 0 saturated carbocycles. The maximum absolute atomic E-state index is 12.3. The Morgan fingerprint density at radius 2 is 2.06 bits per heavy atom. The normalized spacial score (nSPS) is 11.6. The number of aliphatic hydroxyl groups excluding tert-OH is 1. The minimum Gasteiger partial charge on any atom is -0.395 e. The number of hydrogen-bond acceptors (Lipinski definition) is 3.